The van der Waals surface area contributed by atoms with Crippen molar-refractivity contribution in [2.75, 3.05) is 0 Å². The summed E-state index contributed by atoms with van der Waals surface area (Å²) in [5.41, 5.74) is 0. The number of rotatable bonds is 2. The van der Waals surface area contributed by atoms with Gasteiger partial charge in [0.2, 0.25) is 0 Å². The molecule has 0 bridgehead atoms. The molecule has 1 rings (SSSR count). The molecule has 3 N–H and O–H groups in total. The molecule has 0 aliphatic carbocycles. The Morgan fingerprint density at radius 3 is 2.70 bits per heavy atom. The molecular formula is C6H7N3O. The Balaban J connectivity index is 2.87. The van der Waals surface area contributed by atoms with E-state index in [0.29, 0.717) is 11.5 Å². The number of hydrogen-bond acceptors (Lipinski definition) is 4. The van der Waals surface area contributed by atoms with Crippen LogP contribution < -0.4 is 5.84 Å². The number of hydrazone groups is 1. The first-order valence-corrected chi connectivity index (χ1v) is 2.70. The van der Waals surface area contributed by atoms with Crippen molar-refractivity contribution in [3.05, 3.63) is 23.7 Å². The Morgan fingerprint density at radius 2 is 2.20 bits per heavy atom. The summed E-state index contributed by atoms with van der Waals surface area (Å²) in [7, 11) is 0. The lowest BCUT2D eigenvalue weighted by Gasteiger charge is -1.80. The normalized spacial score (nSPS) is 10.4. The van der Waals surface area contributed by atoms with E-state index in [1.54, 1.807) is 12.1 Å². The molecule has 52 valence electrons. The molecule has 1 aromatic heterocycles. The molecule has 0 aromatic carbocycles. The number of hydrogen-bond donors (Lipinski definition) is 2. The van der Waals surface area contributed by atoms with E-state index >= 15 is 0 Å². The van der Waals surface area contributed by atoms with Crippen molar-refractivity contribution in [1.29, 1.82) is 5.41 Å². The van der Waals surface area contributed by atoms with Crippen molar-refractivity contribution in [2.24, 2.45) is 10.9 Å². The predicted molar refractivity (Wildman–Crippen MR) is 38.4 cm³/mol. The van der Waals surface area contributed by atoms with Crippen molar-refractivity contribution < 1.29 is 4.42 Å². The van der Waals surface area contributed by atoms with Gasteiger partial charge in [-0.15, -0.1) is 0 Å². The van der Waals surface area contributed by atoms with E-state index in [0.717, 1.165) is 6.21 Å². The molecule has 0 aliphatic heterocycles. The smallest absolute Gasteiger partial charge is 0.147 e. The molecule has 10 heavy (non-hydrogen) atoms. The molecule has 0 aliphatic rings. The van der Waals surface area contributed by atoms with Gasteiger partial charge in [0.25, 0.3) is 0 Å². The fourth-order valence-corrected chi connectivity index (χ4v) is 0.589. The highest BCUT2D eigenvalue weighted by molar-refractivity contribution is 5.79. The van der Waals surface area contributed by atoms with Crippen LogP contribution in [-0.4, -0.2) is 12.4 Å². The third kappa shape index (κ3) is 1.22. The maximum atomic E-state index is 6.79. The lowest BCUT2D eigenvalue weighted by atomic mass is 10.4. The van der Waals surface area contributed by atoms with Crippen LogP contribution in [0.3, 0.4) is 0 Å². The molecule has 0 radical (unpaired) electrons. The Morgan fingerprint density at radius 1 is 1.50 bits per heavy atom. The number of furan rings is 1. The van der Waals surface area contributed by atoms with Gasteiger partial charge in [-0.25, -0.2) is 0 Å². The topological polar surface area (TPSA) is 75.4 Å². The second-order valence-electron chi connectivity index (χ2n) is 1.66. The summed E-state index contributed by atoms with van der Waals surface area (Å²) >= 11 is 0. The molecule has 0 amide bonds. The number of nitrogens with two attached hydrogens (primary N) is 1. The Hall–Kier alpha value is -1.58. The van der Waals surface area contributed by atoms with E-state index in [2.05, 4.69) is 5.10 Å². The molecule has 1 aromatic rings. The first-order chi connectivity index (χ1) is 4.86. The van der Waals surface area contributed by atoms with Gasteiger partial charge < -0.3 is 15.7 Å². The summed E-state index contributed by atoms with van der Waals surface area (Å²) in [6.45, 7) is 0. The van der Waals surface area contributed by atoms with Crippen molar-refractivity contribution in [3.8, 4) is 0 Å². The molecule has 0 saturated heterocycles. The predicted octanol–water partition coefficient (Wildman–Crippen LogP) is 0.570. The second kappa shape index (κ2) is 2.82. The standard InChI is InChI=1S/C6H7N3O/c7-3-5-1-2-6(10-5)4-9-8/h1-4,7H,8H2/b7-3?,9-4+. The zero-order valence-electron chi connectivity index (χ0n) is 5.24. The van der Waals surface area contributed by atoms with Gasteiger partial charge in [-0.1, -0.05) is 0 Å². The summed E-state index contributed by atoms with van der Waals surface area (Å²) in [5.74, 6) is 5.92. The minimum atomic E-state index is 0.495. The van der Waals surface area contributed by atoms with Gasteiger partial charge in [-0.05, 0) is 12.1 Å². The third-order valence-corrected chi connectivity index (χ3v) is 0.992. The quantitative estimate of drug-likeness (QED) is 0.355. The summed E-state index contributed by atoms with van der Waals surface area (Å²) in [6.07, 6.45) is 2.50. The fraction of sp³-hybridized carbons (Fsp3) is 0. The molecule has 0 fully saturated rings. The summed E-state index contributed by atoms with van der Waals surface area (Å²) < 4.78 is 5.00. The number of nitrogens with one attached hydrogen (secondary N) is 1. The van der Waals surface area contributed by atoms with Crippen molar-refractivity contribution in [1.82, 2.24) is 0 Å². The SMILES string of the molecule is N=Cc1ccc(/C=N/N)o1. The van der Waals surface area contributed by atoms with Gasteiger partial charge in [-0.3, -0.25) is 0 Å². The summed E-state index contributed by atoms with van der Waals surface area (Å²) in [4.78, 5) is 0. The van der Waals surface area contributed by atoms with Crippen molar-refractivity contribution >= 4 is 12.4 Å². The van der Waals surface area contributed by atoms with Gasteiger partial charge in [0.05, 0.1) is 12.4 Å². The van der Waals surface area contributed by atoms with Crippen LogP contribution in [0.5, 0.6) is 0 Å². The first kappa shape index (κ1) is 6.54. The van der Waals surface area contributed by atoms with E-state index in [9.17, 15) is 0 Å². The van der Waals surface area contributed by atoms with Crippen LogP contribution in [0.25, 0.3) is 0 Å². The largest absolute Gasteiger partial charge is 0.454 e. The molecule has 4 nitrogen and oxygen atoms in total. The Kier molecular flexibility index (Phi) is 1.84. The molecule has 0 atom stereocenters. The summed E-state index contributed by atoms with van der Waals surface area (Å²) in [6, 6.07) is 3.36. The van der Waals surface area contributed by atoms with E-state index in [1.165, 1.54) is 6.21 Å². The average molecular weight is 137 g/mol. The molecule has 4 heteroatoms. The third-order valence-electron chi connectivity index (χ3n) is 0.992. The number of nitrogens with zero attached hydrogens (tertiary/aromatic N) is 1. The van der Waals surface area contributed by atoms with Crippen LogP contribution in [0, 0.1) is 5.41 Å². The van der Waals surface area contributed by atoms with Crippen LogP contribution in [0.2, 0.25) is 0 Å². The van der Waals surface area contributed by atoms with Gasteiger partial charge >= 0.3 is 0 Å². The van der Waals surface area contributed by atoms with Gasteiger partial charge in [0.1, 0.15) is 11.5 Å². The first-order valence-electron chi connectivity index (χ1n) is 2.70. The Labute approximate surface area is 57.8 Å². The fourth-order valence-electron chi connectivity index (χ4n) is 0.589. The van der Waals surface area contributed by atoms with Gasteiger partial charge in [0.15, 0.2) is 0 Å². The molecular weight excluding hydrogens is 130 g/mol. The van der Waals surface area contributed by atoms with Crippen molar-refractivity contribution in [3.63, 3.8) is 0 Å². The maximum absolute atomic E-state index is 6.79. The van der Waals surface area contributed by atoms with Crippen LogP contribution >= 0.6 is 0 Å². The molecule has 0 spiro atoms. The van der Waals surface area contributed by atoms with E-state index in [4.69, 9.17) is 15.7 Å². The van der Waals surface area contributed by atoms with E-state index < -0.39 is 0 Å². The monoisotopic (exact) mass is 137 g/mol. The van der Waals surface area contributed by atoms with Crippen LogP contribution in [0.4, 0.5) is 0 Å². The van der Waals surface area contributed by atoms with Crippen LogP contribution in [0.1, 0.15) is 11.5 Å². The lowest BCUT2D eigenvalue weighted by Crippen LogP contribution is -1.82. The Bertz CT molecular complexity index is 251. The second-order valence-corrected chi connectivity index (χ2v) is 1.66. The molecule has 1 heterocycles. The van der Waals surface area contributed by atoms with E-state index in [-0.39, 0.29) is 0 Å². The van der Waals surface area contributed by atoms with Crippen LogP contribution in [0.15, 0.2) is 21.7 Å². The maximum Gasteiger partial charge on any atom is 0.147 e. The minimum Gasteiger partial charge on any atom is -0.454 e. The lowest BCUT2D eigenvalue weighted by molar-refractivity contribution is 0.553. The van der Waals surface area contributed by atoms with Gasteiger partial charge in [-0.2, -0.15) is 5.10 Å². The van der Waals surface area contributed by atoms with Gasteiger partial charge in [0, 0.05) is 0 Å². The van der Waals surface area contributed by atoms with Crippen molar-refractivity contribution in [2.45, 2.75) is 0 Å². The van der Waals surface area contributed by atoms with E-state index in [1.807, 2.05) is 0 Å². The van der Waals surface area contributed by atoms with Crippen LogP contribution in [-0.2, 0) is 0 Å². The minimum absolute atomic E-state index is 0.495. The average Bonchev–Trinajstić information content (AvgIpc) is 2.37. The molecule has 0 unspecified atom stereocenters. The highest BCUT2D eigenvalue weighted by Crippen LogP contribution is 2.01. The molecule has 0 saturated carbocycles. The zero-order chi connectivity index (χ0) is 7.40. The summed E-state index contributed by atoms with van der Waals surface area (Å²) in [5, 5.41) is 10.1. The zero-order valence-corrected chi connectivity index (χ0v) is 5.24. The highest BCUT2D eigenvalue weighted by Gasteiger charge is 1.93. The highest BCUT2D eigenvalue weighted by atomic mass is 16.3.